The zero-order chi connectivity index (χ0) is 20.5. The molecule has 0 bridgehead atoms. The molecule has 0 unspecified atom stereocenters. The maximum absolute atomic E-state index is 12.3. The van der Waals surface area contributed by atoms with E-state index in [9.17, 15) is 14.4 Å². The van der Waals surface area contributed by atoms with Gasteiger partial charge in [-0.3, -0.25) is 19.4 Å². The molecule has 0 saturated carbocycles. The first kappa shape index (κ1) is 20.3. The van der Waals surface area contributed by atoms with Gasteiger partial charge in [0.1, 0.15) is 0 Å². The average Bonchev–Trinajstić information content (AvgIpc) is 2.78. The number of hydrogen-bond acceptors (Lipinski definition) is 4. The van der Waals surface area contributed by atoms with Gasteiger partial charge in [0.15, 0.2) is 0 Å². The summed E-state index contributed by atoms with van der Waals surface area (Å²) in [4.78, 5) is 42.1. The molecule has 3 amide bonds. The van der Waals surface area contributed by atoms with Crippen LogP contribution in [0.25, 0.3) is 6.08 Å². The molecule has 2 heterocycles. The number of rotatable bonds is 6. The fraction of sp³-hybridized carbons (Fsp3) is 0.273. The summed E-state index contributed by atoms with van der Waals surface area (Å²) in [5.41, 5.74) is 1.45. The van der Waals surface area contributed by atoms with Crippen molar-refractivity contribution in [1.29, 1.82) is 0 Å². The zero-order valence-electron chi connectivity index (χ0n) is 16.1. The Bertz CT molecular complexity index is 860. The highest BCUT2D eigenvalue weighted by atomic mass is 16.2. The van der Waals surface area contributed by atoms with Crippen molar-refractivity contribution < 1.29 is 14.4 Å². The highest BCUT2D eigenvalue weighted by Gasteiger charge is 2.24. The molecule has 7 heteroatoms. The van der Waals surface area contributed by atoms with Gasteiger partial charge in [-0.15, -0.1) is 0 Å². The third kappa shape index (κ3) is 6.27. The van der Waals surface area contributed by atoms with Crippen molar-refractivity contribution in [2.24, 2.45) is 0 Å². The maximum Gasteiger partial charge on any atom is 0.253 e. The van der Waals surface area contributed by atoms with Crippen molar-refractivity contribution in [3.63, 3.8) is 0 Å². The monoisotopic (exact) mass is 392 g/mol. The Hall–Kier alpha value is -3.48. The van der Waals surface area contributed by atoms with Gasteiger partial charge in [0, 0.05) is 37.6 Å². The lowest BCUT2D eigenvalue weighted by atomic mass is 10.0. The molecule has 150 valence electrons. The van der Waals surface area contributed by atoms with Gasteiger partial charge in [0.25, 0.3) is 5.91 Å². The number of amides is 3. The SMILES string of the molecule is O=C(/C=C/c1ccccc1)NCC(=O)N1CCC(NC(=O)c2cccnc2)CC1. The van der Waals surface area contributed by atoms with Gasteiger partial charge in [-0.1, -0.05) is 30.3 Å². The molecule has 29 heavy (non-hydrogen) atoms. The maximum atomic E-state index is 12.3. The highest BCUT2D eigenvalue weighted by Crippen LogP contribution is 2.11. The first-order chi connectivity index (χ1) is 14.1. The Morgan fingerprint density at radius 3 is 2.52 bits per heavy atom. The summed E-state index contributed by atoms with van der Waals surface area (Å²) < 4.78 is 0. The van der Waals surface area contributed by atoms with Crippen molar-refractivity contribution >= 4 is 23.8 Å². The standard InChI is InChI=1S/C22H24N4O3/c27-20(9-8-17-5-2-1-3-6-17)24-16-21(28)26-13-10-19(11-14-26)25-22(29)18-7-4-12-23-15-18/h1-9,12,15,19H,10-11,13-14,16H2,(H,24,27)(H,25,29)/b9-8+. The van der Waals surface area contributed by atoms with E-state index in [1.807, 2.05) is 30.3 Å². The van der Waals surface area contributed by atoms with Crippen LogP contribution in [0.2, 0.25) is 0 Å². The van der Waals surface area contributed by atoms with Crippen LogP contribution in [0, 0.1) is 0 Å². The number of benzene rings is 1. The first-order valence-corrected chi connectivity index (χ1v) is 9.61. The molecule has 2 N–H and O–H groups in total. The topological polar surface area (TPSA) is 91.4 Å². The van der Waals surface area contributed by atoms with Crippen LogP contribution in [0.1, 0.15) is 28.8 Å². The van der Waals surface area contributed by atoms with E-state index >= 15 is 0 Å². The largest absolute Gasteiger partial charge is 0.349 e. The quantitative estimate of drug-likeness (QED) is 0.731. The lowest BCUT2D eigenvalue weighted by molar-refractivity contribution is -0.133. The fourth-order valence-electron chi connectivity index (χ4n) is 3.11. The van der Waals surface area contributed by atoms with Gasteiger partial charge in [0.2, 0.25) is 11.8 Å². The van der Waals surface area contributed by atoms with Gasteiger partial charge in [0.05, 0.1) is 12.1 Å². The molecule has 1 aliphatic rings. The second kappa shape index (κ2) is 10.2. The number of carbonyl (C=O) groups is 3. The number of aromatic nitrogens is 1. The van der Waals surface area contributed by atoms with Crippen LogP contribution >= 0.6 is 0 Å². The van der Waals surface area contributed by atoms with Crippen LogP contribution in [0.3, 0.4) is 0 Å². The Morgan fingerprint density at radius 1 is 1.07 bits per heavy atom. The third-order valence-corrected chi connectivity index (χ3v) is 4.75. The number of carbonyl (C=O) groups excluding carboxylic acids is 3. The number of likely N-dealkylation sites (tertiary alicyclic amines) is 1. The van der Waals surface area contributed by atoms with Crippen LogP contribution in [0.5, 0.6) is 0 Å². The summed E-state index contributed by atoms with van der Waals surface area (Å²) in [7, 11) is 0. The summed E-state index contributed by atoms with van der Waals surface area (Å²) in [6, 6.07) is 12.9. The molecular formula is C22H24N4O3. The number of nitrogens with zero attached hydrogens (tertiary/aromatic N) is 2. The van der Waals surface area contributed by atoms with E-state index in [0.29, 0.717) is 31.5 Å². The summed E-state index contributed by atoms with van der Waals surface area (Å²) in [5.74, 6) is -0.579. The lowest BCUT2D eigenvalue weighted by Gasteiger charge is -2.32. The second-order valence-electron chi connectivity index (χ2n) is 6.83. The molecule has 1 aromatic heterocycles. The van der Waals surface area contributed by atoms with Crippen molar-refractivity contribution in [3.8, 4) is 0 Å². The molecule has 7 nitrogen and oxygen atoms in total. The molecule has 0 spiro atoms. The molecule has 0 radical (unpaired) electrons. The van der Waals surface area contributed by atoms with Crippen molar-refractivity contribution in [1.82, 2.24) is 20.5 Å². The normalized spacial score (nSPS) is 14.6. The number of piperidine rings is 1. The van der Waals surface area contributed by atoms with E-state index in [1.165, 1.54) is 12.3 Å². The van der Waals surface area contributed by atoms with E-state index in [2.05, 4.69) is 15.6 Å². The molecule has 1 saturated heterocycles. The van der Waals surface area contributed by atoms with Crippen molar-refractivity contribution in [3.05, 3.63) is 72.1 Å². The number of hydrogen-bond donors (Lipinski definition) is 2. The van der Waals surface area contributed by atoms with Crippen LogP contribution in [0.15, 0.2) is 60.9 Å². The van der Waals surface area contributed by atoms with Gasteiger partial charge < -0.3 is 15.5 Å². The second-order valence-corrected chi connectivity index (χ2v) is 6.83. The number of nitrogens with one attached hydrogen (secondary N) is 2. The summed E-state index contributed by atoms with van der Waals surface area (Å²) in [5, 5.41) is 5.60. The molecule has 1 fully saturated rings. The molecular weight excluding hydrogens is 368 g/mol. The molecule has 0 aliphatic carbocycles. The van der Waals surface area contributed by atoms with Crippen molar-refractivity contribution in [2.45, 2.75) is 18.9 Å². The van der Waals surface area contributed by atoms with E-state index in [1.54, 1.807) is 29.3 Å². The summed E-state index contributed by atoms with van der Waals surface area (Å²) in [6.07, 6.45) is 7.64. The molecule has 0 atom stereocenters. The van der Waals surface area contributed by atoms with Gasteiger partial charge in [-0.25, -0.2) is 0 Å². The minimum Gasteiger partial charge on any atom is -0.349 e. The third-order valence-electron chi connectivity index (χ3n) is 4.75. The molecule has 3 rings (SSSR count). The molecule has 2 aromatic rings. The van der Waals surface area contributed by atoms with Crippen LogP contribution in [0.4, 0.5) is 0 Å². The van der Waals surface area contributed by atoms with E-state index in [0.717, 1.165) is 5.56 Å². The minimum absolute atomic E-state index is 0.0233. The predicted molar refractivity (Wildman–Crippen MR) is 110 cm³/mol. The van der Waals surface area contributed by atoms with Gasteiger partial charge in [-0.05, 0) is 36.6 Å². The van der Waals surface area contributed by atoms with E-state index < -0.39 is 0 Å². The van der Waals surface area contributed by atoms with E-state index in [4.69, 9.17) is 0 Å². The molecule has 1 aromatic carbocycles. The van der Waals surface area contributed by atoms with Gasteiger partial charge in [-0.2, -0.15) is 0 Å². The highest BCUT2D eigenvalue weighted by molar-refractivity contribution is 5.94. The predicted octanol–water partition coefficient (Wildman–Crippen LogP) is 1.63. The van der Waals surface area contributed by atoms with Crippen LogP contribution in [-0.2, 0) is 9.59 Å². The van der Waals surface area contributed by atoms with Crippen LogP contribution in [-0.4, -0.2) is 53.3 Å². The lowest BCUT2D eigenvalue weighted by Crippen LogP contribution is -2.48. The fourth-order valence-corrected chi connectivity index (χ4v) is 3.11. The number of pyridine rings is 1. The molecule has 1 aliphatic heterocycles. The Morgan fingerprint density at radius 2 is 1.83 bits per heavy atom. The minimum atomic E-state index is -0.305. The Labute approximate surface area is 169 Å². The summed E-state index contributed by atoms with van der Waals surface area (Å²) >= 11 is 0. The summed E-state index contributed by atoms with van der Waals surface area (Å²) in [6.45, 7) is 1.06. The Kier molecular flexibility index (Phi) is 7.10. The first-order valence-electron chi connectivity index (χ1n) is 9.61. The van der Waals surface area contributed by atoms with Gasteiger partial charge >= 0.3 is 0 Å². The van der Waals surface area contributed by atoms with Crippen molar-refractivity contribution in [2.75, 3.05) is 19.6 Å². The van der Waals surface area contributed by atoms with Crippen LogP contribution < -0.4 is 10.6 Å². The smallest absolute Gasteiger partial charge is 0.253 e. The van der Waals surface area contributed by atoms with E-state index in [-0.39, 0.29) is 30.3 Å². The Balaban J connectivity index is 1.38. The average molecular weight is 392 g/mol. The zero-order valence-corrected chi connectivity index (χ0v) is 16.1.